The molecule has 2 aliphatic rings. The highest BCUT2D eigenvalue weighted by Crippen LogP contribution is 2.29. The van der Waals surface area contributed by atoms with Crippen molar-refractivity contribution in [3.8, 4) is 0 Å². The summed E-state index contributed by atoms with van der Waals surface area (Å²) in [5.74, 6) is 0.223. The van der Waals surface area contributed by atoms with E-state index < -0.39 is 5.56 Å². The Balaban J connectivity index is 1.29. The summed E-state index contributed by atoms with van der Waals surface area (Å²) in [6, 6.07) is 21.3. The fourth-order valence-corrected chi connectivity index (χ4v) is 4.71. The second-order valence-electron chi connectivity index (χ2n) is 8.60. The Kier molecular flexibility index (Phi) is 6.69. The number of ether oxygens (including phenoxy) is 1. The zero-order chi connectivity index (χ0) is 23.3. The van der Waals surface area contributed by atoms with Gasteiger partial charge in [0, 0.05) is 45.5 Å². The second kappa shape index (κ2) is 10.2. The van der Waals surface area contributed by atoms with E-state index in [0.29, 0.717) is 32.3 Å². The number of H-pyrrole nitrogens is 1. The molecule has 8 nitrogen and oxygen atoms in total. The number of hydrogen-bond acceptors (Lipinski definition) is 6. The number of hydrogen-bond donors (Lipinski definition) is 1. The van der Waals surface area contributed by atoms with Gasteiger partial charge in [0.1, 0.15) is 5.56 Å². The molecule has 1 aromatic heterocycles. The lowest BCUT2D eigenvalue weighted by Gasteiger charge is -2.40. The van der Waals surface area contributed by atoms with Gasteiger partial charge in [-0.1, -0.05) is 60.7 Å². The average Bonchev–Trinajstić information content (AvgIpc) is 2.91. The molecule has 0 radical (unpaired) electrons. The molecule has 0 aliphatic carbocycles. The van der Waals surface area contributed by atoms with E-state index in [1.54, 1.807) is 4.90 Å². The summed E-state index contributed by atoms with van der Waals surface area (Å²) in [6.45, 7) is 5.09. The molecule has 0 atom stereocenters. The number of carbonyl (C=O) groups excluding carboxylic acids is 1. The first-order chi connectivity index (χ1) is 16.7. The van der Waals surface area contributed by atoms with Gasteiger partial charge in [0.05, 0.1) is 19.3 Å². The van der Waals surface area contributed by atoms with Gasteiger partial charge in [-0.05, 0) is 11.1 Å². The molecule has 3 heterocycles. The molecule has 3 aromatic rings. The fourth-order valence-electron chi connectivity index (χ4n) is 4.71. The molecular formula is C26H29N5O3. The van der Waals surface area contributed by atoms with Crippen LogP contribution in [-0.2, 0) is 4.74 Å². The molecule has 2 fully saturated rings. The van der Waals surface area contributed by atoms with Gasteiger partial charge in [-0.15, -0.1) is 0 Å². The maximum Gasteiger partial charge on any atom is 0.265 e. The fraction of sp³-hybridized carbons (Fsp3) is 0.346. The zero-order valence-corrected chi connectivity index (χ0v) is 19.1. The van der Waals surface area contributed by atoms with Gasteiger partial charge in [0.2, 0.25) is 5.95 Å². The summed E-state index contributed by atoms with van der Waals surface area (Å²) in [6.07, 6.45) is 1.41. The van der Waals surface area contributed by atoms with Crippen LogP contribution in [0.4, 0.5) is 5.95 Å². The quantitative estimate of drug-likeness (QED) is 0.630. The third-order valence-corrected chi connectivity index (χ3v) is 6.52. The smallest absolute Gasteiger partial charge is 0.265 e. The minimum atomic E-state index is -0.393. The molecule has 1 N–H and O–H groups in total. The molecule has 5 rings (SSSR count). The van der Waals surface area contributed by atoms with E-state index in [1.807, 2.05) is 12.1 Å². The van der Waals surface area contributed by atoms with Crippen LogP contribution >= 0.6 is 0 Å². The number of nitrogens with zero attached hydrogens (tertiary/aromatic N) is 4. The summed E-state index contributed by atoms with van der Waals surface area (Å²) in [4.78, 5) is 38.8. The van der Waals surface area contributed by atoms with Crippen LogP contribution in [0.2, 0.25) is 0 Å². The number of morpholine rings is 1. The standard InChI is InChI=1S/C26H29N5O3/c32-24-22(25(33)30-15-17-34-18-16-30)19-27-26(28-24)31-13-11-29(12-14-31)23(20-7-3-1-4-8-20)21-9-5-2-6-10-21/h1-10,19,23H,11-18H2,(H,27,28,32). The molecule has 0 spiro atoms. The number of rotatable bonds is 5. The van der Waals surface area contributed by atoms with Crippen LogP contribution in [0.5, 0.6) is 0 Å². The van der Waals surface area contributed by atoms with E-state index in [4.69, 9.17) is 4.74 Å². The van der Waals surface area contributed by atoms with Crippen molar-refractivity contribution in [1.82, 2.24) is 19.8 Å². The molecule has 1 amide bonds. The highest BCUT2D eigenvalue weighted by molar-refractivity contribution is 5.93. The van der Waals surface area contributed by atoms with Gasteiger partial charge in [-0.25, -0.2) is 4.98 Å². The Labute approximate surface area is 198 Å². The summed E-state index contributed by atoms with van der Waals surface area (Å²) >= 11 is 0. The van der Waals surface area contributed by atoms with Gasteiger partial charge >= 0.3 is 0 Å². The minimum absolute atomic E-state index is 0.0810. The van der Waals surface area contributed by atoms with E-state index in [0.717, 1.165) is 26.2 Å². The van der Waals surface area contributed by atoms with Crippen LogP contribution < -0.4 is 10.5 Å². The Morgan fingerprint density at radius 1 is 0.853 bits per heavy atom. The van der Waals surface area contributed by atoms with Crippen molar-refractivity contribution in [3.63, 3.8) is 0 Å². The first kappa shape index (κ1) is 22.3. The number of carbonyl (C=O) groups is 1. The highest BCUT2D eigenvalue weighted by Gasteiger charge is 2.28. The lowest BCUT2D eigenvalue weighted by molar-refractivity contribution is 0.0301. The molecule has 8 heteroatoms. The van der Waals surface area contributed by atoms with Crippen LogP contribution in [-0.4, -0.2) is 78.2 Å². The Morgan fingerprint density at radius 3 is 2.00 bits per heavy atom. The van der Waals surface area contributed by atoms with Crippen LogP contribution in [0.1, 0.15) is 27.5 Å². The van der Waals surface area contributed by atoms with Crippen molar-refractivity contribution in [1.29, 1.82) is 0 Å². The summed E-state index contributed by atoms with van der Waals surface area (Å²) in [7, 11) is 0. The first-order valence-electron chi connectivity index (χ1n) is 11.8. The molecule has 0 unspecified atom stereocenters. The number of aromatic amines is 1. The maximum absolute atomic E-state index is 12.7. The van der Waals surface area contributed by atoms with Gasteiger partial charge in [-0.2, -0.15) is 0 Å². The highest BCUT2D eigenvalue weighted by atomic mass is 16.5. The van der Waals surface area contributed by atoms with Crippen molar-refractivity contribution in [2.24, 2.45) is 0 Å². The predicted molar refractivity (Wildman–Crippen MR) is 130 cm³/mol. The largest absolute Gasteiger partial charge is 0.378 e. The maximum atomic E-state index is 12.7. The van der Waals surface area contributed by atoms with Gasteiger partial charge in [0.15, 0.2) is 0 Å². The minimum Gasteiger partial charge on any atom is -0.378 e. The van der Waals surface area contributed by atoms with Crippen LogP contribution in [0.15, 0.2) is 71.7 Å². The van der Waals surface area contributed by atoms with Crippen LogP contribution in [0.25, 0.3) is 0 Å². The van der Waals surface area contributed by atoms with Crippen molar-refractivity contribution >= 4 is 11.9 Å². The van der Waals surface area contributed by atoms with Crippen molar-refractivity contribution in [3.05, 3.63) is 93.9 Å². The number of aromatic nitrogens is 2. The number of nitrogens with one attached hydrogen (secondary N) is 1. The van der Waals surface area contributed by atoms with E-state index >= 15 is 0 Å². The van der Waals surface area contributed by atoms with Crippen molar-refractivity contribution < 1.29 is 9.53 Å². The molecule has 0 saturated carbocycles. The topological polar surface area (TPSA) is 81.8 Å². The molecular weight excluding hydrogens is 430 g/mol. The van der Waals surface area contributed by atoms with Gasteiger partial charge in [0.25, 0.3) is 11.5 Å². The second-order valence-corrected chi connectivity index (χ2v) is 8.60. The van der Waals surface area contributed by atoms with E-state index in [2.05, 4.69) is 68.3 Å². The Hall–Kier alpha value is -3.49. The normalized spacial score (nSPS) is 17.2. The third kappa shape index (κ3) is 4.73. The molecule has 2 aliphatic heterocycles. The monoisotopic (exact) mass is 459 g/mol. The van der Waals surface area contributed by atoms with Crippen molar-refractivity contribution in [2.75, 3.05) is 57.4 Å². The van der Waals surface area contributed by atoms with Gasteiger partial charge in [-0.3, -0.25) is 19.5 Å². The number of piperazine rings is 1. The average molecular weight is 460 g/mol. The molecule has 176 valence electrons. The van der Waals surface area contributed by atoms with Crippen molar-refractivity contribution in [2.45, 2.75) is 6.04 Å². The third-order valence-electron chi connectivity index (χ3n) is 6.52. The number of benzene rings is 2. The SMILES string of the molecule is O=C(c1cnc(N2CCN(C(c3ccccc3)c3ccccc3)CC2)[nH]c1=O)N1CCOCC1. The van der Waals surface area contributed by atoms with E-state index in [1.165, 1.54) is 17.3 Å². The predicted octanol–water partition coefficient (Wildman–Crippen LogP) is 2.15. The Morgan fingerprint density at radius 2 is 1.44 bits per heavy atom. The molecule has 34 heavy (non-hydrogen) atoms. The zero-order valence-electron chi connectivity index (χ0n) is 19.1. The summed E-state index contributed by atoms with van der Waals surface area (Å²) < 4.78 is 5.29. The van der Waals surface area contributed by atoms with Gasteiger partial charge < -0.3 is 14.5 Å². The lowest BCUT2D eigenvalue weighted by atomic mass is 9.96. The summed E-state index contributed by atoms with van der Waals surface area (Å²) in [5.41, 5.74) is 2.21. The van der Waals surface area contributed by atoms with E-state index in [-0.39, 0.29) is 17.5 Å². The molecule has 0 bridgehead atoms. The Bertz CT molecular complexity index is 1110. The summed E-state index contributed by atoms with van der Waals surface area (Å²) in [5, 5.41) is 0. The lowest BCUT2D eigenvalue weighted by Crippen LogP contribution is -2.49. The molecule has 2 saturated heterocycles. The molecule has 2 aromatic carbocycles. The number of anilines is 1. The van der Waals surface area contributed by atoms with Crippen LogP contribution in [0, 0.1) is 0 Å². The van der Waals surface area contributed by atoms with E-state index in [9.17, 15) is 9.59 Å². The first-order valence-corrected chi connectivity index (χ1v) is 11.8. The van der Waals surface area contributed by atoms with Crippen LogP contribution in [0.3, 0.4) is 0 Å². The number of amides is 1.